The second-order valence-corrected chi connectivity index (χ2v) is 7.66. The van der Waals surface area contributed by atoms with Gasteiger partial charge in [0.05, 0.1) is 15.7 Å². The molecule has 1 aromatic carbocycles. The summed E-state index contributed by atoms with van der Waals surface area (Å²) in [6, 6.07) is 6.13. The molecule has 0 amide bonds. The molecular weight excluding hydrogens is 430 g/mol. The van der Waals surface area contributed by atoms with Gasteiger partial charge in [-0.15, -0.1) is 0 Å². The summed E-state index contributed by atoms with van der Waals surface area (Å²) in [6.07, 6.45) is -3.54. The van der Waals surface area contributed by atoms with Gasteiger partial charge in [0.25, 0.3) is 0 Å². The van der Waals surface area contributed by atoms with E-state index in [0.29, 0.717) is 37.3 Å². The molecule has 10 heteroatoms. The van der Waals surface area contributed by atoms with Crippen LogP contribution in [0.3, 0.4) is 0 Å². The van der Waals surface area contributed by atoms with E-state index in [4.69, 9.17) is 27.9 Å². The number of hydrogen-bond acceptors (Lipinski definition) is 4. The van der Waals surface area contributed by atoms with Crippen LogP contribution in [0, 0.1) is 0 Å². The summed E-state index contributed by atoms with van der Waals surface area (Å²) in [5.74, 6) is -0.406. The molecule has 0 unspecified atom stereocenters. The number of hydrogen-bond donors (Lipinski definition) is 1. The van der Waals surface area contributed by atoms with E-state index >= 15 is 0 Å². The fourth-order valence-corrected chi connectivity index (χ4v) is 3.92. The molecule has 1 saturated heterocycles. The predicted molar refractivity (Wildman–Crippen MR) is 102 cm³/mol. The topological polar surface area (TPSA) is 59.7 Å². The summed E-state index contributed by atoms with van der Waals surface area (Å²) >= 11 is 12.2. The Bertz CT molecular complexity index is 1060. The van der Waals surface area contributed by atoms with Crippen LogP contribution in [-0.2, 0) is 17.3 Å². The first-order valence-electron chi connectivity index (χ1n) is 8.95. The smallest absolute Gasteiger partial charge is 0.435 e. The number of alkyl halides is 3. The van der Waals surface area contributed by atoms with E-state index in [1.54, 1.807) is 18.2 Å². The van der Waals surface area contributed by atoms with Crippen LogP contribution in [0.2, 0.25) is 10.0 Å². The first-order chi connectivity index (χ1) is 13.8. The van der Waals surface area contributed by atoms with Gasteiger partial charge in [0.1, 0.15) is 0 Å². The van der Waals surface area contributed by atoms with Crippen molar-refractivity contribution in [2.45, 2.75) is 31.4 Å². The molecule has 0 radical (unpaired) electrons. The summed E-state index contributed by atoms with van der Waals surface area (Å²) in [5.41, 5.74) is -0.385. The zero-order valence-electron chi connectivity index (χ0n) is 15.0. The lowest BCUT2D eigenvalue weighted by molar-refractivity contribution is -0.141. The number of nitrogens with zero attached hydrogens (tertiary/aromatic N) is 3. The largest absolute Gasteiger partial charge is 0.493 e. The Hall–Kier alpha value is -2.03. The predicted octanol–water partition coefficient (Wildman–Crippen LogP) is 5.25. The highest BCUT2D eigenvalue weighted by Gasteiger charge is 2.39. The van der Waals surface area contributed by atoms with Crippen molar-refractivity contribution >= 4 is 28.8 Å². The minimum absolute atomic E-state index is 0.00788. The number of ether oxygens (including phenoxy) is 1. The first kappa shape index (κ1) is 20.3. The molecule has 0 aliphatic carbocycles. The van der Waals surface area contributed by atoms with Crippen molar-refractivity contribution in [2.75, 3.05) is 13.2 Å². The molecule has 1 N–H and O–H groups in total. The monoisotopic (exact) mass is 445 g/mol. The maximum atomic E-state index is 13.7. The minimum atomic E-state index is -4.72. The molecule has 0 spiro atoms. The number of rotatable bonds is 3. The minimum Gasteiger partial charge on any atom is -0.493 e. The van der Waals surface area contributed by atoms with Gasteiger partial charge in [-0.3, -0.25) is 0 Å². The van der Waals surface area contributed by atoms with Gasteiger partial charge in [-0.2, -0.15) is 22.8 Å². The molecule has 0 atom stereocenters. The van der Waals surface area contributed by atoms with Crippen molar-refractivity contribution in [3.63, 3.8) is 0 Å². The van der Waals surface area contributed by atoms with E-state index in [1.165, 1.54) is 6.07 Å². The van der Waals surface area contributed by atoms with Gasteiger partial charge in [0.2, 0.25) is 5.88 Å². The van der Waals surface area contributed by atoms with Crippen LogP contribution in [0.4, 0.5) is 13.2 Å². The van der Waals surface area contributed by atoms with E-state index in [-0.39, 0.29) is 33.6 Å². The molecule has 29 heavy (non-hydrogen) atoms. The van der Waals surface area contributed by atoms with E-state index < -0.39 is 17.8 Å². The summed E-state index contributed by atoms with van der Waals surface area (Å²) in [4.78, 5) is 4.45. The molecule has 154 valence electrons. The van der Waals surface area contributed by atoms with E-state index in [2.05, 4.69) is 10.1 Å². The molecule has 4 rings (SSSR count). The Kier molecular flexibility index (Phi) is 5.35. The third kappa shape index (κ3) is 3.89. The van der Waals surface area contributed by atoms with Crippen LogP contribution < -0.4 is 0 Å². The van der Waals surface area contributed by atoms with Gasteiger partial charge in [-0.05, 0) is 24.5 Å². The Balaban J connectivity index is 1.89. The second-order valence-electron chi connectivity index (χ2n) is 6.88. The molecule has 2 aromatic heterocycles. The zero-order valence-corrected chi connectivity index (χ0v) is 16.5. The van der Waals surface area contributed by atoms with Gasteiger partial charge in [-0.25, -0.2) is 4.98 Å². The number of halogens is 5. The van der Waals surface area contributed by atoms with Crippen molar-refractivity contribution in [3.8, 4) is 5.88 Å². The first-order valence-corrected chi connectivity index (χ1v) is 9.70. The van der Waals surface area contributed by atoms with Crippen molar-refractivity contribution in [1.82, 2.24) is 14.6 Å². The van der Waals surface area contributed by atoms with Crippen LogP contribution in [-0.4, -0.2) is 32.9 Å². The number of benzene rings is 1. The number of fused-ring (bicyclic) bond motifs is 1. The molecule has 5 nitrogen and oxygen atoms in total. The number of aromatic hydroxyl groups is 1. The lowest BCUT2D eigenvalue weighted by atomic mass is 9.96. The summed E-state index contributed by atoms with van der Waals surface area (Å²) < 4.78 is 47.2. The highest BCUT2D eigenvalue weighted by atomic mass is 35.5. The highest BCUT2D eigenvalue weighted by Crippen LogP contribution is 2.37. The quantitative estimate of drug-likeness (QED) is 0.598. The van der Waals surface area contributed by atoms with Gasteiger partial charge < -0.3 is 9.84 Å². The summed E-state index contributed by atoms with van der Waals surface area (Å²) in [6.45, 7) is 1.08. The SMILES string of the molecule is Oc1cc(C2CCOCC2)nc2c(Cc3cccc(Cl)c3Cl)c(C(F)(F)F)nn12. The number of aromatic nitrogens is 3. The molecule has 0 saturated carbocycles. The van der Waals surface area contributed by atoms with E-state index in [0.717, 1.165) is 4.52 Å². The normalized spacial score (nSPS) is 15.9. The van der Waals surface area contributed by atoms with E-state index in [1.807, 2.05) is 0 Å². The highest BCUT2D eigenvalue weighted by molar-refractivity contribution is 6.42. The summed E-state index contributed by atoms with van der Waals surface area (Å²) in [7, 11) is 0. The molecular formula is C19H16Cl2F3N3O2. The third-order valence-corrected chi connectivity index (χ3v) is 5.85. The van der Waals surface area contributed by atoms with Crippen molar-refractivity contribution in [1.29, 1.82) is 0 Å². The Labute approximate surface area is 174 Å². The van der Waals surface area contributed by atoms with Crippen LogP contribution in [0.25, 0.3) is 5.65 Å². The average molecular weight is 446 g/mol. The molecule has 0 bridgehead atoms. The lowest BCUT2D eigenvalue weighted by Crippen LogP contribution is -2.15. The summed E-state index contributed by atoms with van der Waals surface area (Å²) in [5, 5.41) is 14.4. The van der Waals surface area contributed by atoms with Crippen molar-refractivity contribution < 1.29 is 23.0 Å². The van der Waals surface area contributed by atoms with Crippen molar-refractivity contribution in [3.05, 3.63) is 56.8 Å². The zero-order chi connectivity index (χ0) is 20.8. The fraction of sp³-hybridized carbons (Fsp3) is 0.368. The molecule has 3 heterocycles. The molecule has 1 aliphatic heterocycles. The van der Waals surface area contributed by atoms with Gasteiger partial charge in [0.15, 0.2) is 11.3 Å². The standard InChI is InChI=1S/C19H16Cl2F3N3O2/c20-13-3-1-2-11(16(13)21)8-12-17(19(22,23)24)26-27-15(28)9-14(25-18(12)27)10-4-6-29-7-5-10/h1-3,9-10,28H,4-8H2. The third-order valence-electron chi connectivity index (χ3n) is 4.99. The van der Waals surface area contributed by atoms with Crippen LogP contribution >= 0.6 is 23.2 Å². The maximum absolute atomic E-state index is 13.7. The Morgan fingerprint density at radius 1 is 1.21 bits per heavy atom. The molecule has 1 fully saturated rings. The van der Waals surface area contributed by atoms with Gasteiger partial charge in [0, 0.05) is 37.2 Å². The lowest BCUT2D eigenvalue weighted by Gasteiger charge is -2.21. The average Bonchev–Trinajstić information content (AvgIpc) is 3.06. The Morgan fingerprint density at radius 2 is 1.93 bits per heavy atom. The van der Waals surface area contributed by atoms with Gasteiger partial charge in [-0.1, -0.05) is 35.3 Å². The van der Waals surface area contributed by atoms with Crippen LogP contribution in [0.15, 0.2) is 24.3 Å². The molecule has 3 aromatic rings. The fourth-order valence-electron chi connectivity index (χ4n) is 3.53. The second kappa shape index (κ2) is 7.66. The van der Waals surface area contributed by atoms with E-state index in [9.17, 15) is 18.3 Å². The molecule has 1 aliphatic rings. The maximum Gasteiger partial charge on any atom is 0.435 e. The van der Waals surface area contributed by atoms with Gasteiger partial charge >= 0.3 is 6.18 Å². The Morgan fingerprint density at radius 3 is 2.62 bits per heavy atom. The van der Waals surface area contributed by atoms with Crippen LogP contribution in [0.5, 0.6) is 5.88 Å². The van der Waals surface area contributed by atoms with Crippen molar-refractivity contribution in [2.24, 2.45) is 0 Å². The van der Waals surface area contributed by atoms with Crippen LogP contribution in [0.1, 0.15) is 41.3 Å².